The molecule has 1 atom stereocenters. The minimum atomic E-state index is 0.542. The molecule has 0 amide bonds. The first-order chi connectivity index (χ1) is 10.2. The predicted octanol–water partition coefficient (Wildman–Crippen LogP) is 4.34. The molecule has 0 bridgehead atoms. The van der Waals surface area contributed by atoms with Crippen molar-refractivity contribution in [2.24, 2.45) is 0 Å². The Morgan fingerprint density at radius 2 is 1.95 bits per heavy atom. The summed E-state index contributed by atoms with van der Waals surface area (Å²) in [5.41, 5.74) is 2.97. The Morgan fingerprint density at radius 3 is 2.67 bits per heavy atom. The minimum absolute atomic E-state index is 0.542. The van der Waals surface area contributed by atoms with Crippen LogP contribution in [0.1, 0.15) is 64.0 Å². The number of likely N-dealkylation sites (tertiary alicyclic amines) is 1. The highest BCUT2D eigenvalue weighted by molar-refractivity contribution is 5.27. The molecule has 1 N–H and O–H groups in total. The number of benzene rings is 1. The average Bonchev–Trinajstić information content (AvgIpc) is 2.48. The van der Waals surface area contributed by atoms with E-state index >= 15 is 0 Å². The van der Waals surface area contributed by atoms with Gasteiger partial charge in [-0.2, -0.15) is 0 Å². The summed E-state index contributed by atoms with van der Waals surface area (Å²) in [5.74, 6) is 0. The zero-order valence-corrected chi connectivity index (χ0v) is 14.1. The monoisotopic (exact) mass is 288 g/mol. The van der Waals surface area contributed by atoms with Crippen molar-refractivity contribution in [2.45, 2.75) is 78.0 Å². The Hall–Kier alpha value is -0.860. The summed E-state index contributed by atoms with van der Waals surface area (Å²) in [6.07, 6.45) is 6.83. The fraction of sp³-hybridized carbons (Fsp3) is 0.684. The molecule has 2 nitrogen and oxygen atoms in total. The normalized spacial score (nSPS) is 20.1. The van der Waals surface area contributed by atoms with E-state index in [2.05, 4.69) is 55.3 Å². The first-order valence-electron chi connectivity index (χ1n) is 8.75. The topological polar surface area (TPSA) is 15.3 Å². The molecular formula is C19H32N2. The van der Waals surface area contributed by atoms with Crippen molar-refractivity contribution in [3.63, 3.8) is 0 Å². The predicted molar refractivity (Wildman–Crippen MR) is 91.4 cm³/mol. The summed E-state index contributed by atoms with van der Waals surface area (Å²) in [6.45, 7) is 10.1. The van der Waals surface area contributed by atoms with Crippen LogP contribution in [-0.4, -0.2) is 23.5 Å². The second-order valence-corrected chi connectivity index (χ2v) is 6.71. The van der Waals surface area contributed by atoms with Crippen LogP contribution in [-0.2, 0) is 13.1 Å². The van der Waals surface area contributed by atoms with E-state index in [9.17, 15) is 0 Å². The zero-order chi connectivity index (χ0) is 15.1. The molecule has 1 heterocycles. The standard InChI is InChI=1S/C19H32N2/c1-4-9-19-12-7-8-13-21(19)15-18-11-6-5-10-17(18)14-20-16(2)3/h5-6,10-11,16,19-20H,4,7-9,12-15H2,1-3H3. The van der Waals surface area contributed by atoms with Gasteiger partial charge in [0.1, 0.15) is 0 Å². The maximum Gasteiger partial charge on any atom is 0.0239 e. The Labute approximate surface area is 130 Å². The molecule has 2 rings (SSSR count). The SMILES string of the molecule is CCCC1CCCCN1Cc1ccccc1CNC(C)C. The van der Waals surface area contributed by atoms with Crippen LogP contribution in [0.2, 0.25) is 0 Å². The van der Waals surface area contributed by atoms with Crippen LogP contribution in [0.15, 0.2) is 24.3 Å². The van der Waals surface area contributed by atoms with Gasteiger partial charge in [0.15, 0.2) is 0 Å². The summed E-state index contributed by atoms with van der Waals surface area (Å²) < 4.78 is 0. The molecule has 1 aliphatic heterocycles. The summed E-state index contributed by atoms with van der Waals surface area (Å²) in [4.78, 5) is 2.72. The lowest BCUT2D eigenvalue weighted by Gasteiger charge is -2.36. The maximum absolute atomic E-state index is 3.56. The molecule has 118 valence electrons. The van der Waals surface area contributed by atoms with E-state index in [1.54, 1.807) is 0 Å². The van der Waals surface area contributed by atoms with E-state index in [1.807, 2.05) is 0 Å². The molecule has 0 aromatic heterocycles. The summed E-state index contributed by atoms with van der Waals surface area (Å²) in [7, 11) is 0. The van der Waals surface area contributed by atoms with Crippen LogP contribution < -0.4 is 5.32 Å². The van der Waals surface area contributed by atoms with Gasteiger partial charge in [-0.1, -0.05) is 57.9 Å². The van der Waals surface area contributed by atoms with Gasteiger partial charge >= 0.3 is 0 Å². The Bertz CT molecular complexity index is 412. The summed E-state index contributed by atoms with van der Waals surface area (Å²) in [5, 5.41) is 3.56. The van der Waals surface area contributed by atoms with Gasteiger partial charge in [0.25, 0.3) is 0 Å². The third kappa shape index (κ3) is 5.12. The van der Waals surface area contributed by atoms with Crippen LogP contribution in [0.3, 0.4) is 0 Å². The van der Waals surface area contributed by atoms with Gasteiger partial charge in [-0.05, 0) is 36.9 Å². The highest BCUT2D eigenvalue weighted by Gasteiger charge is 2.22. The van der Waals surface area contributed by atoms with Gasteiger partial charge < -0.3 is 5.32 Å². The number of hydrogen-bond acceptors (Lipinski definition) is 2. The van der Waals surface area contributed by atoms with Gasteiger partial charge in [-0.15, -0.1) is 0 Å². The summed E-state index contributed by atoms with van der Waals surface area (Å²) in [6, 6.07) is 10.3. The van der Waals surface area contributed by atoms with Gasteiger partial charge in [-0.3, -0.25) is 4.90 Å². The lowest BCUT2D eigenvalue weighted by atomic mass is 9.96. The number of hydrogen-bond donors (Lipinski definition) is 1. The molecule has 0 spiro atoms. The molecule has 1 fully saturated rings. The van der Waals surface area contributed by atoms with Crippen molar-refractivity contribution >= 4 is 0 Å². The third-order valence-corrected chi connectivity index (χ3v) is 4.56. The lowest BCUT2D eigenvalue weighted by molar-refractivity contribution is 0.131. The van der Waals surface area contributed by atoms with Gasteiger partial charge in [0.2, 0.25) is 0 Å². The molecule has 1 aliphatic rings. The number of nitrogens with one attached hydrogen (secondary N) is 1. The molecule has 1 saturated heterocycles. The molecule has 1 unspecified atom stereocenters. The van der Waals surface area contributed by atoms with E-state index in [1.165, 1.54) is 49.8 Å². The highest BCUT2D eigenvalue weighted by Crippen LogP contribution is 2.24. The number of rotatable bonds is 7. The van der Waals surface area contributed by atoms with Crippen LogP contribution in [0, 0.1) is 0 Å². The van der Waals surface area contributed by atoms with Crippen LogP contribution in [0.25, 0.3) is 0 Å². The van der Waals surface area contributed by atoms with Crippen molar-refractivity contribution in [1.82, 2.24) is 10.2 Å². The fourth-order valence-electron chi connectivity index (χ4n) is 3.35. The summed E-state index contributed by atoms with van der Waals surface area (Å²) >= 11 is 0. The van der Waals surface area contributed by atoms with Crippen molar-refractivity contribution in [2.75, 3.05) is 6.54 Å². The van der Waals surface area contributed by atoms with Gasteiger partial charge in [0.05, 0.1) is 0 Å². The maximum atomic E-state index is 3.56. The van der Waals surface area contributed by atoms with Crippen molar-refractivity contribution < 1.29 is 0 Å². The average molecular weight is 288 g/mol. The lowest BCUT2D eigenvalue weighted by Crippen LogP contribution is -2.39. The van der Waals surface area contributed by atoms with Crippen molar-refractivity contribution in [1.29, 1.82) is 0 Å². The second kappa shape index (κ2) is 8.55. The Morgan fingerprint density at radius 1 is 1.19 bits per heavy atom. The van der Waals surface area contributed by atoms with Crippen LogP contribution >= 0.6 is 0 Å². The molecular weight excluding hydrogens is 256 g/mol. The fourth-order valence-corrected chi connectivity index (χ4v) is 3.35. The van der Waals surface area contributed by atoms with E-state index < -0.39 is 0 Å². The minimum Gasteiger partial charge on any atom is -0.310 e. The smallest absolute Gasteiger partial charge is 0.0239 e. The van der Waals surface area contributed by atoms with Gasteiger partial charge in [0, 0.05) is 25.2 Å². The van der Waals surface area contributed by atoms with Crippen molar-refractivity contribution in [3.05, 3.63) is 35.4 Å². The van der Waals surface area contributed by atoms with Crippen molar-refractivity contribution in [3.8, 4) is 0 Å². The molecule has 21 heavy (non-hydrogen) atoms. The highest BCUT2D eigenvalue weighted by atomic mass is 15.2. The molecule has 0 radical (unpaired) electrons. The first-order valence-corrected chi connectivity index (χ1v) is 8.75. The molecule has 0 saturated carbocycles. The molecule has 1 aromatic rings. The largest absolute Gasteiger partial charge is 0.310 e. The van der Waals surface area contributed by atoms with E-state index in [0.717, 1.165) is 19.1 Å². The quantitative estimate of drug-likeness (QED) is 0.803. The first kappa shape index (κ1) is 16.5. The van der Waals surface area contributed by atoms with E-state index in [4.69, 9.17) is 0 Å². The second-order valence-electron chi connectivity index (χ2n) is 6.71. The van der Waals surface area contributed by atoms with Gasteiger partial charge in [-0.25, -0.2) is 0 Å². The van der Waals surface area contributed by atoms with Crippen LogP contribution in [0.4, 0.5) is 0 Å². The van der Waals surface area contributed by atoms with E-state index in [-0.39, 0.29) is 0 Å². The number of nitrogens with zero attached hydrogens (tertiary/aromatic N) is 1. The number of piperidine rings is 1. The Balaban J connectivity index is 2.03. The Kier molecular flexibility index (Phi) is 6.72. The molecule has 0 aliphatic carbocycles. The molecule has 1 aromatic carbocycles. The van der Waals surface area contributed by atoms with Crippen LogP contribution in [0.5, 0.6) is 0 Å². The zero-order valence-electron chi connectivity index (χ0n) is 14.1. The van der Waals surface area contributed by atoms with E-state index in [0.29, 0.717) is 6.04 Å². The molecule has 2 heteroatoms. The third-order valence-electron chi connectivity index (χ3n) is 4.56.